The summed E-state index contributed by atoms with van der Waals surface area (Å²) in [7, 11) is 1.56. The van der Waals surface area contributed by atoms with Crippen LogP contribution in [0.15, 0.2) is 18.3 Å². The number of hydrogen-bond acceptors (Lipinski definition) is 4. The number of nitrogens with one attached hydrogen (secondary N) is 1. The molecule has 5 heteroatoms. The lowest BCUT2D eigenvalue weighted by molar-refractivity contribution is -0.121. The molecule has 2 bridgehead atoms. The Labute approximate surface area is 112 Å². The maximum Gasteiger partial charge on any atom is 0.229 e. The Morgan fingerprint density at radius 3 is 2.79 bits per heavy atom. The molecule has 4 atom stereocenters. The third kappa shape index (κ3) is 2.18. The average molecular weight is 261 g/mol. The molecule has 0 aliphatic heterocycles. The number of pyridine rings is 1. The summed E-state index contributed by atoms with van der Waals surface area (Å²) in [5.74, 6) is 1.53. The molecular weight excluding hydrogens is 242 g/mol. The predicted molar refractivity (Wildman–Crippen MR) is 71.7 cm³/mol. The first-order chi connectivity index (χ1) is 9.19. The van der Waals surface area contributed by atoms with Crippen LogP contribution in [0.2, 0.25) is 0 Å². The second kappa shape index (κ2) is 4.81. The standard InChI is InChI=1S/C14H19N3O2/c1-19-11-5-4-10(7-16-11)17-14(18)12-8-2-3-9(6-8)13(12)15/h4-5,7-9,12-13H,2-3,6,15H2,1H3,(H,17,18). The molecule has 0 spiro atoms. The van der Waals surface area contributed by atoms with E-state index in [1.807, 2.05) is 0 Å². The van der Waals surface area contributed by atoms with E-state index in [0.717, 1.165) is 12.8 Å². The van der Waals surface area contributed by atoms with Gasteiger partial charge in [0.1, 0.15) is 0 Å². The van der Waals surface area contributed by atoms with Gasteiger partial charge in [-0.25, -0.2) is 4.98 Å². The summed E-state index contributed by atoms with van der Waals surface area (Å²) < 4.78 is 4.99. The maximum absolute atomic E-state index is 12.3. The van der Waals surface area contributed by atoms with Gasteiger partial charge in [-0.3, -0.25) is 4.79 Å². The van der Waals surface area contributed by atoms with Crippen LogP contribution in [0.4, 0.5) is 5.69 Å². The summed E-state index contributed by atoms with van der Waals surface area (Å²) in [6.07, 6.45) is 5.03. The van der Waals surface area contributed by atoms with Crippen LogP contribution in [0, 0.1) is 17.8 Å². The summed E-state index contributed by atoms with van der Waals surface area (Å²) in [5.41, 5.74) is 6.86. The largest absolute Gasteiger partial charge is 0.481 e. The normalized spacial score (nSPS) is 32.3. The molecule has 2 fully saturated rings. The molecule has 5 nitrogen and oxygen atoms in total. The third-order valence-electron chi connectivity index (χ3n) is 4.50. The Morgan fingerprint density at radius 1 is 1.42 bits per heavy atom. The van der Waals surface area contributed by atoms with Gasteiger partial charge in [0.05, 0.1) is 24.9 Å². The Balaban J connectivity index is 1.67. The number of anilines is 1. The highest BCUT2D eigenvalue weighted by Crippen LogP contribution is 2.47. The van der Waals surface area contributed by atoms with Crippen molar-refractivity contribution in [2.24, 2.45) is 23.5 Å². The van der Waals surface area contributed by atoms with Gasteiger partial charge in [0, 0.05) is 12.1 Å². The van der Waals surface area contributed by atoms with E-state index in [1.54, 1.807) is 25.4 Å². The summed E-state index contributed by atoms with van der Waals surface area (Å²) in [6, 6.07) is 3.55. The first-order valence-electron chi connectivity index (χ1n) is 6.75. The van der Waals surface area contributed by atoms with E-state index in [2.05, 4.69) is 10.3 Å². The minimum atomic E-state index is -0.0409. The minimum Gasteiger partial charge on any atom is -0.481 e. The Morgan fingerprint density at radius 2 is 2.21 bits per heavy atom. The summed E-state index contributed by atoms with van der Waals surface area (Å²) in [6.45, 7) is 0. The van der Waals surface area contributed by atoms with Gasteiger partial charge in [0.25, 0.3) is 0 Å². The van der Waals surface area contributed by atoms with Crippen molar-refractivity contribution in [3.63, 3.8) is 0 Å². The number of amides is 1. The number of aromatic nitrogens is 1. The number of carbonyl (C=O) groups is 1. The quantitative estimate of drug-likeness (QED) is 0.862. The van der Waals surface area contributed by atoms with Crippen LogP contribution >= 0.6 is 0 Å². The summed E-state index contributed by atoms with van der Waals surface area (Å²) in [5, 5.41) is 2.91. The topological polar surface area (TPSA) is 77.2 Å². The summed E-state index contributed by atoms with van der Waals surface area (Å²) >= 11 is 0. The molecule has 102 valence electrons. The number of fused-ring (bicyclic) bond motifs is 2. The SMILES string of the molecule is COc1ccc(NC(=O)C2C3CCC(C3)C2N)cn1. The number of rotatable bonds is 3. The van der Waals surface area contributed by atoms with Gasteiger partial charge in [-0.05, 0) is 37.2 Å². The molecule has 4 unspecified atom stereocenters. The van der Waals surface area contributed by atoms with Crippen molar-refractivity contribution < 1.29 is 9.53 Å². The number of ether oxygens (including phenoxy) is 1. The van der Waals surface area contributed by atoms with E-state index >= 15 is 0 Å². The smallest absolute Gasteiger partial charge is 0.229 e. The molecule has 3 N–H and O–H groups in total. The number of nitrogens with two attached hydrogens (primary N) is 1. The number of nitrogens with zero attached hydrogens (tertiary/aromatic N) is 1. The van der Waals surface area contributed by atoms with Crippen LogP contribution in [0.3, 0.4) is 0 Å². The van der Waals surface area contributed by atoms with Crippen LogP contribution < -0.4 is 15.8 Å². The van der Waals surface area contributed by atoms with Gasteiger partial charge in [0.15, 0.2) is 0 Å². The van der Waals surface area contributed by atoms with E-state index in [0.29, 0.717) is 23.4 Å². The highest BCUT2D eigenvalue weighted by Gasteiger charge is 2.49. The van der Waals surface area contributed by atoms with E-state index in [1.165, 1.54) is 6.42 Å². The van der Waals surface area contributed by atoms with Gasteiger partial charge >= 0.3 is 0 Å². The van der Waals surface area contributed by atoms with E-state index < -0.39 is 0 Å². The Bertz CT molecular complexity index is 472. The zero-order valence-corrected chi connectivity index (χ0v) is 11.0. The highest BCUT2D eigenvalue weighted by molar-refractivity contribution is 5.93. The van der Waals surface area contributed by atoms with Crippen molar-refractivity contribution in [1.29, 1.82) is 0 Å². The maximum atomic E-state index is 12.3. The monoisotopic (exact) mass is 261 g/mol. The van der Waals surface area contributed by atoms with Crippen molar-refractivity contribution in [3.8, 4) is 5.88 Å². The lowest BCUT2D eigenvalue weighted by Gasteiger charge is -2.26. The molecular formula is C14H19N3O2. The van der Waals surface area contributed by atoms with Gasteiger partial charge in [0.2, 0.25) is 11.8 Å². The van der Waals surface area contributed by atoms with Gasteiger partial charge in [-0.15, -0.1) is 0 Å². The zero-order chi connectivity index (χ0) is 13.4. The van der Waals surface area contributed by atoms with Crippen molar-refractivity contribution in [2.75, 3.05) is 12.4 Å². The van der Waals surface area contributed by atoms with Crippen LogP contribution in [-0.2, 0) is 4.79 Å². The lowest BCUT2D eigenvalue weighted by Crippen LogP contribution is -2.42. The Kier molecular flexibility index (Phi) is 3.14. The molecule has 3 rings (SSSR count). The van der Waals surface area contributed by atoms with Crippen molar-refractivity contribution in [1.82, 2.24) is 4.98 Å². The van der Waals surface area contributed by atoms with Crippen molar-refractivity contribution in [2.45, 2.75) is 25.3 Å². The molecule has 0 aromatic carbocycles. The molecule has 2 aliphatic rings. The lowest BCUT2D eigenvalue weighted by atomic mass is 9.84. The van der Waals surface area contributed by atoms with Crippen molar-refractivity contribution in [3.05, 3.63) is 18.3 Å². The van der Waals surface area contributed by atoms with E-state index in [-0.39, 0.29) is 17.9 Å². The predicted octanol–water partition coefficient (Wildman–Crippen LogP) is 1.40. The molecule has 2 aliphatic carbocycles. The van der Waals surface area contributed by atoms with E-state index in [4.69, 9.17) is 10.5 Å². The second-order valence-electron chi connectivity index (χ2n) is 5.51. The minimum absolute atomic E-state index is 0.0185. The van der Waals surface area contributed by atoms with Crippen LogP contribution in [0.25, 0.3) is 0 Å². The van der Waals surface area contributed by atoms with Crippen molar-refractivity contribution >= 4 is 11.6 Å². The molecule has 0 saturated heterocycles. The van der Waals surface area contributed by atoms with Gasteiger partial charge in [-0.2, -0.15) is 0 Å². The summed E-state index contributed by atoms with van der Waals surface area (Å²) in [4.78, 5) is 16.4. The fourth-order valence-electron chi connectivity index (χ4n) is 3.53. The fraction of sp³-hybridized carbons (Fsp3) is 0.571. The average Bonchev–Trinajstić information content (AvgIpc) is 3.00. The fourth-order valence-corrected chi connectivity index (χ4v) is 3.53. The Hall–Kier alpha value is -1.62. The van der Waals surface area contributed by atoms with Crippen LogP contribution in [0.1, 0.15) is 19.3 Å². The number of methoxy groups -OCH3 is 1. The van der Waals surface area contributed by atoms with Crippen LogP contribution in [-0.4, -0.2) is 24.0 Å². The van der Waals surface area contributed by atoms with Crippen LogP contribution in [0.5, 0.6) is 5.88 Å². The molecule has 0 radical (unpaired) electrons. The first kappa shape index (κ1) is 12.4. The second-order valence-corrected chi connectivity index (χ2v) is 5.51. The third-order valence-corrected chi connectivity index (χ3v) is 4.50. The number of carbonyl (C=O) groups excluding carboxylic acids is 1. The molecule has 1 heterocycles. The molecule has 1 amide bonds. The molecule has 1 aromatic heterocycles. The molecule has 19 heavy (non-hydrogen) atoms. The molecule has 2 saturated carbocycles. The van der Waals surface area contributed by atoms with Gasteiger partial charge in [-0.1, -0.05) is 0 Å². The molecule has 1 aromatic rings. The van der Waals surface area contributed by atoms with E-state index in [9.17, 15) is 4.79 Å². The first-order valence-corrected chi connectivity index (χ1v) is 6.75. The highest BCUT2D eigenvalue weighted by atomic mass is 16.5. The zero-order valence-electron chi connectivity index (χ0n) is 11.0. The number of hydrogen-bond donors (Lipinski definition) is 2. The van der Waals surface area contributed by atoms with Gasteiger partial charge < -0.3 is 15.8 Å².